The first kappa shape index (κ1) is 16.6. The third-order valence-electron chi connectivity index (χ3n) is 2.43. The smallest absolute Gasteiger partial charge is 0.322 e. The lowest BCUT2D eigenvalue weighted by Crippen LogP contribution is -2.32. The van der Waals surface area contributed by atoms with Crippen molar-refractivity contribution < 1.29 is 9.53 Å². The first-order valence-corrected chi connectivity index (χ1v) is 7.89. The number of ether oxygens (including phenoxy) is 1. The number of esters is 1. The molecule has 3 nitrogen and oxygen atoms in total. The van der Waals surface area contributed by atoms with E-state index in [-0.39, 0.29) is 5.97 Å². The average Bonchev–Trinajstić information content (AvgIpc) is 2.38. The van der Waals surface area contributed by atoms with Crippen molar-refractivity contribution in [2.24, 2.45) is 5.73 Å². The summed E-state index contributed by atoms with van der Waals surface area (Å²) in [6, 6.07) is 4.84. The fourth-order valence-corrected chi connectivity index (χ4v) is 2.90. The summed E-state index contributed by atoms with van der Waals surface area (Å²) >= 11 is 13.6. The van der Waals surface area contributed by atoms with Crippen LogP contribution in [0.15, 0.2) is 18.2 Å². The van der Waals surface area contributed by atoms with Crippen molar-refractivity contribution >= 4 is 40.9 Å². The van der Waals surface area contributed by atoms with E-state index >= 15 is 0 Å². The molecule has 0 spiro atoms. The van der Waals surface area contributed by atoms with Crippen molar-refractivity contribution in [1.29, 1.82) is 0 Å². The fraction of sp³-hybridized carbons (Fsp3) is 0.462. The van der Waals surface area contributed by atoms with Crippen LogP contribution in [0.1, 0.15) is 18.9 Å². The van der Waals surface area contributed by atoms with Crippen LogP contribution in [0.5, 0.6) is 0 Å². The molecule has 0 aliphatic carbocycles. The van der Waals surface area contributed by atoms with Crippen LogP contribution in [0.25, 0.3) is 0 Å². The third kappa shape index (κ3) is 6.04. The highest BCUT2D eigenvalue weighted by Gasteiger charge is 2.13. The second-order valence-corrected chi connectivity index (χ2v) is 5.88. The molecule has 0 aliphatic rings. The van der Waals surface area contributed by atoms with Crippen LogP contribution in [-0.4, -0.2) is 24.4 Å². The molecule has 1 aromatic carbocycles. The Hall–Kier alpha value is -0.420. The zero-order valence-electron chi connectivity index (χ0n) is 10.7. The number of nitrogens with two attached hydrogens (primary N) is 1. The van der Waals surface area contributed by atoms with E-state index in [2.05, 4.69) is 0 Å². The molecule has 0 radical (unpaired) electrons. The van der Waals surface area contributed by atoms with E-state index in [4.69, 9.17) is 33.7 Å². The molecule has 6 heteroatoms. The van der Waals surface area contributed by atoms with E-state index in [9.17, 15) is 4.79 Å². The van der Waals surface area contributed by atoms with Gasteiger partial charge in [-0.2, -0.15) is 11.8 Å². The minimum atomic E-state index is -0.553. The Kier molecular flexibility index (Phi) is 7.61. The van der Waals surface area contributed by atoms with Gasteiger partial charge in [-0.3, -0.25) is 4.79 Å². The Bertz CT molecular complexity index is 429. The Morgan fingerprint density at radius 2 is 2.21 bits per heavy atom. The molecule has 0 bridgehead atoms. The average molecular weight is 322 g/mol. The maximum atomic E-state index is 11.3. The number of hydrogen-bond acceptors (Lipinski definition) is 4. The first-order chi connectivity index (χ1) is 9.04. The van der Waals surface area contributed by atoms with Crippen molar-refractivity contribution in [2.75, 3.05) is 12.4 Å². The number of carbonyl (C=O) groups is 1. The number of hydrogen-bond donors (Lipinski definition) is 1. The zero-order valence-corrected chi connectivity index (χ0v) is 13.0. The van der Waals surface area contributed by atoms with Crippen LogP contribution in [0.3, 0.4) is 0 Å². The van der Waals surface area contributed by atoms with Crippen molar-refractivity contribution in [3.63, 3.8) is 0 Å². The molecule has 0 saturated heterocycles. The monoisotopic (exact) mass is 321 g/mol. The van der Waals surface area contributed by atoms with E-state index in [1.165, 1.54) is 0 Å². The molecule has 19 heavy (non-hydrogen) atoms. The first-order valence-electron chi connectivity index (χ1n) is 5.98. The van der Waals surface area contributed by atoms with Crippen LogP contribution in [0, 0.1) is 0 Å². The SMILES string of the molecule is CCOC(=O)C(N)CCSCc1cc(Cl)ccc1Cl. The standard InChI is InChI=1S/C13H17Cl2NO2S/c1-2-18-13(17)12(16)5-6-19-8-9-7-10(14)3-4-11(9)15/h3-4,7,12H,2,5-6,8,16H2,1H3. The molecule has 1 aromatic rings. The van der Waals surface area contributed by atoms with E-state index in [0.717, 1.165) is 17.1 Å². The predicted octanol–water partition coefficient (Wildman–Crippen LogP) is 3.51. The molecule has 0 heterocycles. The lowest BCUT2D eigenvalue weighted by Gasteiger charge is -2.10. The largest absolute Gasteiger partial charge is 0.465 e. The molecule has 2 N–H and O–H groups in total. The number of thioether (sulfide) groups is 1. The normalized spacial score (nSPS) is 12.2. The number of benzene rings is 1. The van der Waals surface area contributed by atoms with Gasteiger partial charge < -0.3 is 10.5 Å². The van der Waals surface area contributed by atoms with Gasteiger partial charge in [-0.25, -0.2) is 0 Å². The molecule has 1 rings (SSSR count). The Morgan fingerprint density at radius 3 is 2.89 bits per heavy atom. The van der Waals surface area contributed by atoms with Gasteiger partial charge in [0.2, 0.25) is 0 Å². The van der Waals surface area contributed by atoms with Crippen LogP contribution in [0.4, 0.5) is 0 Å². The Balaban J connectivity index is 2.31. The molecular formula is C13H17Cl2NO2S. The highest BCUT2D eigenvalue weighted by Crippen LogP contribution is 2.25. The zero-order chi connectivity index (χ0) is 14.3. The van der Waals surface area contributed by atoms with Crippen molar-refractivity contribution in [1.82, 2.24) is 0 Å². The molecular weight excluding hydrogens is 305 g/mol. The second kappa shape index (κ2) is 8.69. The van der Waals surface area contributed by atoms with Crippen LogP contribution >= 0.6 is 35.0 Å². The van der Waals surface area contributed by atoms with Gasteiger partial charge in [-0.1, -0.05) is 23.2 Å². The Labute approximate surface area is 127 Å². The van der Waals surface area contributed by atoms with E-state index in [1.54, 1.807) is 30.8 Å². The topological polar surface area (TPSA) is 52.3 Å². The summed E-state index contributed by atoms with van der Waals surface area (Å²) < 4.78 is 4.84. The van der Waals surface area contributed by atoms with Crippen LogP contribution < -0.4 is 5.73 Å². The number of rotatable bonds is 7. The third-order valence-corrected chi connectivity index (χ3v) is 4.07. The minimum absolute atomic E-state index is 0.344. The van der Waals surface area contributed by atoms with E-state index in [0.29, 0.717) is 23.1 Å². The minimum Gasteiger partial charge on any atom is -0.465 e. The fourth-order valence-electron chi connectivity index (χ4n) is 1.41. The molecule has 0 aromatic heterocycles. The highest BCUT2D eigenvalue weighted by molar-refractivity contribution is 7.98. The van der Waals surface area contributed by atoms with Gasteiger partial charge in [0.05, 0.1) is 6.61 Å². The van der Waals surface area contributed by atoms with Gasteiger partial charge in [0.1, 0.15) is 6.04 Å². The predicted molar refractivity (Wildman–Crippen MR) is 81.8 cm³/mol. The van der Waals surface area contributed by atoms with Crippen LogP contribution in [-0.2, 0) is 15.3 Å². The molecule has 0 fully saturated rings. The highest BCUT2D eigenvalue weighted by atomic mass is 35.5. The van der Waals surface area contributed by atoms with Crippen molar-refractivity contribution in [2.45, 2.75) is 25.1 Å². The summed E-state index contributed by atoms with van der Waals surface area (Å²) in [7, 11) is 0. The molecule has 1 atom stereocenters. The van der Waals surface area contributed by atoms with Crippen molar-refractivity contribution in [3.05, 3.63) is 33.8 Å². The number of halogens is 2. The molecule has 0 amide bonds. The molecule has 1 unspecified atom stereocenters. The summed E-state index contributed by atoms with van der Waals surface area (Å²) in [6.45, 7) is 2.12. The number of carbonyl (C=O) groups excluding carboxylic acids is 1. The summed E-state index contributed by atoms with van der Waals surface area (Å²) in [5.41, 5.74) is 6.69. The van der Waals surface area contributed by atoms with Gasteiger partial charge in [0.15, 0.2) is 0 Å². The molecule has 0 saturated carbocycles. The summed E-state index contributed by atoms with van der Waals surface area (Å²) in [5.74, 6) is 1.17. The van der Waals surface area contributed by atoms with Gasteiger partial charge in [0.25, 0.3) is 0 Å². The summed E-state index contributed by atoms with van der Waals surface area (Å²) in [4.78, 5) is 11.3. The lowest BCUT2D eigenvalue weighted by atomic mass is 10.2. The maximum absolute atomic E-state index is 11.3. The summed E-state index contributed by atoms with van der Waals surface area (Å²) in [6.07, 6.45) is 0.585. The second-order valence-electron chi connectivity index (χ2n) is 3.94. The molecule has 0 aliphatic heterocycles. The van der Waals surface area contributed by atoms with Gasteiger partial charge in [-0.05, 0) is 42.9 Å². The Morgan fingerprint density at radius 1 is 1.47 bits per heavy atom. The lowest BCUT2D eigenvalue weighted by molar-refractivity contribution is -0.144. The quantitative estimate of drug-likeness (QED) is 0.616. The van der Waals surface area contributed by atoms with Gasteiger partial charge in [0, 0.05) is 15.8 Å². The summed E-state index contributed by atoms with van der Waals surface area (Å²) in [5, 5.41) is 1.37. The van der Waals surface area contributed by atoms with Crippen LogP contribution in [0.2, 0.25) is 10.0 Å². The van der Waals surface area contributed by atoms with E-state index in [1.807, 2.05) is 6.07 Å². The van der Waals surface area contributed by atoms with Gasteiger partial charge in [-0.15, -0.1) is 0 Å². The molecule has 106 valence electrons. The van der Waals surface area contributed by atoms with E-state index < -0.39 is 6.04 Å². The van der Waals surface area contributed by atoms with Gasteiger partial charge >= 0.3 is 5.97 Å². The van der Waals surface area contributed by atoms with Crippen molar-refractivity contribution in [3.8, 4) is 0 Å². The maximum Gasteiger partial charge on any atom is 0.322 e.